The molecule has 2 rings (SSSR count). The number of nitrogen functional groups attached to an aromatic ring is 1. The largest absolute Gasteiger partial charge is 0.496 e. The zero-order valence-electron chi connectivity index (χ0n) is 16.5. The van der Waals surface area contributed by atoms with E-state index in [-0.39, 0.29) is 16.5 Å². The van der Waals surface area contributed by atoms with Crippen molar-refractivity contribution in [2.24, 2.45) is 5.92 Å². The monoisotopic (exact) mass is 397 g/mol. The van der Waals surface area contributed by atoms with E-state index in [1.807, 2.05) is 20.8 Å². The Hall–Kier alpha value is -2.15. The topological polar surface area (TPSA) is 93.9 Å². The first-order chi connectivity index (χ1) is 12.5. The van der Waals surface area contributed by atoms with Gasteiger partial charge in [-0.1, -0.05) is 18.5 Å². The number of carbonyl (C=O) groups is 2. The molecule has 27 heavy (non-hydrogen) atoms. The van der Waals surface area contributed by atoms with Crippen molar-refractivity contribution in [2.75, 3.05) is 19.4 Å². The van der Waals surface area contributed by atoms with Gasteiger partial charge in [-0.3, -0.25) is 9.69 Å². The highest BCUT2D eigenvalue weighted by Gasteiger charge is 2.34. The van der Waals surface area contributed by atoms with E-state index in [1.165, 1.54) is 19.2 Å². The molecule has 7 nitrogen and oxygen atoms in total. The highest BCUT2D eigenvalue weighted by molar-refractivity contribution is 6.33. The summed E-state index contributed by atoms with van der Waals surface area (Å²) in [5.74, 6) is 0.300. The number of anilines is 1. The fourth-order valence-electron chi connectivity index (χ4n) is 2.96. The van der Waals surface area contributed by atoms with E-state index in [9.17, 15) is 9.59 Å². The van der Waals surface area contributed by atoms with Gasteiger partial charge in [0, 0.05) is 12.6 Å². The Morgan fingerprint density at radius 1 is 1.33 bits per heavy atom. The summed E-state index contributed by atoms with van der Waals surface area (Å²) in [6, 6.07) is 2.97. The average Bonchev–Trinajstić information content (AvgIpc) is 2.55. The molecule has 150 valence electrons. The van der Waals surface area contributed by atoms with Gasteiger partial charge in [0.05, 0.1) is 23.4 Å². The molecule has 3 N–H and O–H groups in total. The lowest BCUT2D eigenvalue weighted by atomic mass is 9.96. The van der Waals surface area contributed by atoms with Crippen LogP contribution in [0.3, 0.4) is 0 Å². The number of likely N-dealkylation sites (tertiary alicyclic amines) is 1. The molecule has 1 aromatic carbocycles. The van der Waals surface area contributed by atoms with Crippen LogP contribution in [-0.4, -0.2) is 42.3 Å². The van der Waals surface area contributed by atoms with Gasteiger partial charge in [-0.2, -0.15) is 0 Å². The smallest absolute Gasteiger partial charge is 0.411 e. The van der Waals surface area contributed by atoms with Crippen LogP contribution in [0.5, 0.6) is 5.75 Å². The van der Waals surface area contributed by atoms with Crippen LogP contribution in [-0.2, 0) is 4.74 Å². The lowest BCUT2D eigenvalue weighted by molar-refractivity contribution is 0.00124. The molecule has 1 saturated heterocycles. The van der Waals surface area contributed by atoms with Crippen molar-refractivity contribution in [3.05, 3.63) is 22.7 Å². The van der Waals surface area contributed by atoms with E-state index < -0.39 is 17.9 Å². The predicted octanol–water partition coefficient (Wildman–Crippen LogP) is 3.65. The molecule has 2 atom stereocenters. The lowest BCUT2D eigenvalue weighted by Crippen LogP contribution is -2.55. The number of carbonyl (C=O) groups excluding carboxylic acids is 2. The van der Waals surface area contributed by atoms with E-state index in [2.05, 4.69) is 12.2 Å². The molecule has 0 saturated carbocycles. The predicted molar refractivity (Wildman–Crippen MR) is 105 cm³/mol. The van der Waals surface area contributed by atoms with Crippen LogP contribution in [0.25, 0.3) is 0 Å². The molecule has 8 heteroatoms. The quantitative estimate of drug-likeness (QED) is 0.759. The van der Waals surface area contributed by atoms with E-state index in [0.717, 1.165) is 6.42 Å². The Balaban J connectivity index is 2.22. The number of benzene rings is 1. The number of rotatable bonds is 3. The highest BCUT2D eigenvalue weighted by Crippen LogP contribution is 2.30. The summed E-state index contributed by atoms with van der Waals surface area (Å²) in [4.78, 5) is 27.0. The van der Waals surface area contributed by atoms with Crippen molar-refractivity contribution in [3.8, 4) is 5.75 Å². The Morgan fingerprint density at radius 2 is 2.00 bits per heavy atom. The Kier molecular flexibility index (Phi) is 6.46. The number of nitrogens with two attached hydrogens (primary N) is 1. The van der Waals surface area contributed by atoms with Gasteiger partial charge in [-0.25, -0.2) is 4.79 Å². The minimum absolute atomic E-state index is 0.263. The number of ether oxygens (including phenoxy) is 2. The fraction of sp³-hybridized carbons (Fsp3) is 0.579. The number of nitrogens with zero attached hydrogens (tertiary/aromatic N) is 1. The second kappa shape index (κ2) is 8.25. The molecule has 2 unspecified atom stereocenters. The first-order valence-electron chi connectivity index (χ1n) is 8.95. The van der Waals surface area contributed by atoms with Gasteiger partial charge < -0.3 is 20.5 Å². The van der Waals surface area contributed by atoms with Crippen LogP contribution in [0.2, 0.25) is 5.02 Å². The Bertz CT molecular complexity index is 718. The summed E-state index contributed by atoms with van der Waals surface area (Å²) in [7, 11) is 1.45. The minimum atomic E-state index is -0.609. The van der Waals surface area contributed by atoms with E-state index in [1.54, 1.807) is 4.90 Å². The summed E-state index contributed by atoms with van der Waals surface area (Å²) < 4.78 is 10.7. The van der Waals surface area contributed by atoms with Gasteiger partial charge >= 0.3 is 6.09 Å². The number of methoxy groups -OCH3 is 1. The van der Waals surface area contributed by atoms with Gasteiger partial charge in [0.1, 0.15) is 17.5 Å². The SMILES string of the molecule is COc1cc(N)c(Cl)cc1C(=O)NC1CC(C)CCN1C(=O)OC(C)(C)C. The normalized spacial score (nSPS) is 20.1. The van der Waals surface area contributed by atoms with Crippen LogP contribution >= 0.6 is 11.6 Å². The maximum Gasteiger partial charge on any atom is 0.411 e. The summed E-state index contributed by atoms with van der Waals surface area (Å²) in [6.45, 7) is 8.04. The maximum atomic E-state index is 12.8. The summed E-state index contributed by atoms with van der Waals surface area (Å²) >= 11 is 6.06. The van der Waals surface area contributed by atoms with Crippen LogP contribution < -0.4 is 15.8 Å². The molecule has 1 aliphatic rings. The van der Waals surface area contributed by atoms with Crippen molar-refractivity contribution in [1.82, 2.24) is 10.2 Å². The van der Waals surface area contributed by atoms with Gasteiger partial charge in [0.15, 0.2) is 0 Å². The Labute approximate surface area is 165 Å². The zero-order valence-corrected chi connectivity index (χ0v) is 17.2. The number of amides is 2. The van der Waals surface area contributed by atoms with Crippen LogP contribution in [0.1, 0.15) is 50.9 Å². The van der Waals surface area contributed by atoms with Crippen molar-refractivity contribution >= 4 is 29.3 Å². The zero-order chi connectivity index (χ0) is 20.4. The number of hydrogen-bond acceptors (Lipinski definition) is 5. The van der Waals surface area contributed by atoms with Crippen LogP contribution in [0.4, 0.5) is 10.5 Å². The van der Waals surface area contributed by atoms with E-state index >= 15 is 0 Å². The van der Waals surface area contributed by atoms with Crippen molar-refractivity contribution in [1.29, 1.82) is 0 Å². The molecular weight excluding hydrogens is 370 g/mol. The van der Waals surface area contributed by atoms with E-state index in [0.29, 0.717) is 30.3 Å². The standard InChI is InChI=1S/C19H28ClN3O4/c1-11-6-7-23(18(25)27-19(2,3)4)16(8-11)22-17(24)12-9-13(20)14(21)10-15(12)26-5/h9-11,16H,6-8,21H2,1-5H3,(H,22,24). The van der Waals surface area contributed by atoms with Crippen molar-refractivity contribution in [2.45, 2.75) is 52.3 Å². The highest BCUT2D eigenvalue weighted by atomic mass is 35.5. The molecular formula is C19H28ClN3O4. The molecule has 2 amide bonds. The van der Waals surface area contributed by atoms with Crippen molar-refractivity contribution in [3.63, 3.8) is 0 Å². The van der Waals surface area contributed by atoms with Gasteiger partial charge in [-0.15, -0.1) is 0 Å². The molecule has 0 radical (unpaired) electrons. The van der Waals surface area contributed by atoms with Crippen LogP contribution in [0, 0.1) is 5.92 Å². The summed E-state index contributed by atoms with van der Waals surface area (Å²) in [5.41, 5.74) is 5.76. The molecule has 1 fully saturated rings. The third-order valence-corrected chi connectivity index (χ3v) is 4.68. The number of nitrogens with one attached hydrogen (secondary N) is 1. The van der Waals surface area contributed by atoms with Gasteiger partial charge in [0.2, 0.25) is 0 Å². The Morgan fingerprint density at radius 3 is 2.59 bits per heavy atom. The molecule has 0 spiro atoms. The van der Waals surface area contributed by atoms with Gasteiger partial charge in [-0.05, 0) is 45.6 Å². The van der Waals surface area contributed by atoms with Crippen molar-refractivity contribution < 1.29 is 19.1 Å². The van der Waals surface area contributed by atoms with Crippen LogP contribution in [0.15, 0.2) is 12.1 Å². The molecule has 0 bridgehead atoms. The maximum absolute atomic E-state index is 12.8. The lowest BCUT2D eigenvalue weighted by Gasteiger charge is -2.39. The molecule has 1 aliphatic heterocycles. The third kappa shape index (κ3) is 5.42. The molecule has 1 heterocycles. The first-order valence-corrected chi connectivity index (χ1v) is 9.33. The number of piperidine rings is 1. The van der Waals surface area contributed by atoms with E-state index in [4.69, 9.17) is 26.8 Å². The van der Waals surface area contributed by atoms with Gasteiger partial charge in [0.25, 0.3) is 5.91 Å². The number of halogens is 1. The molecule has 0 aliphatic carbocycles. The number of hydrogen-bond donors (Lipinski definition) is 2. The molecule has 1 aromatic rings. The summed E-state index contributed by atoms with van der Waals surface area (Å²) in [5, 5.41) is 3.18. The average molecular weight is 398 g/mol. The third-order valence-electron chi connectivity index (χ3n) is 4.35. The fourth-order valence-corrected chi connectivity index (χ4v) is 3.13. The minimum Gasteiger partial charge on any atom is -0.496 e. The second-order valence-electron chi connectivity index (χ2n) is 7.87. The summed E-state index contributed by atoms with van der Waals surface area (Å²) in [6.07, 6.45) is 0.567. The molecule has 0 aromatic heterocycles. The first kappa shape index (κ1) is 21.2. The second-order valence-corrected chi connectivity index (χ2v) is 8.27.